The Hall–Kier alpha value is -1.43. The first kappa shape index (κ1) is 15.0. The highest BCUT2D eigenvalue weighted by Gasteiger charge is 2.40. The van der Waals surface area contributed by atoms with Crippen molar-refractivity contribution in [2.45, 2.75) is 13.0 Å². The van der Waals surface area contributed by atoms with E-state index < -0.39 is 0 Å². The van der Waals surface area contributed by atoms with Gasteiger partial charge in [0.1, 0.15) is 6.04 Å². The Bertz CT molecular complexity index is 535. The Kier molecular flexibility index (Phi) is 4.42. The smallest absolute Gasteiger partial charge is 0.246 e. The predicted molar refractivity (Wildman–Crippen MR) is 79.4 cm³/mol. The molecule has 1 aromatic rings. The molecule has 2 heterocycles. The molecule has 1 unspecified atom stereocenters. The number of nitrogens with one attached hydrogen (secondary N) is 1. The maximum absolute atomic E-state index is 12.4. The molecule has 0 aliphatic carbocycles. The Morgan fingerprint density at radius 2 is 2.20 bits per heavy atom. The van der Waals surface area contributed by atoms with Crippen LogP contribution in [-0.4, -0.2) is 48.9 Å². The van der Waals surface area contributed by atoms with Crippen LogP contribution in [0.1, 0.15) is 17.3 Å². The second-order valence-electron chi connectivity index (χ2n) is 5.05. The predicted octanol–water partition coefficient (Wildman–Crippen LogP) is 0.889. The number of benzene rings is 1. The van der Waals surface area contributed by atoms with E-state index in [-0.39, 0.29) is 30.1 Å². The summed E-state index contributed by atoms with van der Waals surface area (Å²) < 4.78 is 0. The lowest BCUT2D eigenvalue weighted by Gasteiger charge is -2.26. The molecule has 1 amide bonds. The summed E-state index contributed by atoms with van der Waals surface area (Å²) in [5.74, 6) is 0.140. The summed E-state index contributed by atoms with van der Waals surface area (Å²) in [5.41, 5.74) is 1.46. The van der Waals surface area contributed by atoms with Crippen LogP contribution in [0.3, 0.4) is 0 Å². The van der Waals surface area contributed by atoms with Gasteiger partial charge in [-0.1, -0.05) is 12.1 Å². The third-order valence-electron chi connectivity index (χ3n) is 3.79. The zero-order chi connectivity index (χ0) is 13.4. The Labute approximate surface area is 124 Å². The number of fused-ring (bicyclic) bond motifs is 1. The molecule has 5 nitrogen and oxygen atoms in total. The van der Waals surface area contributed by atoms with Gasteiger partial charge in [-0.2, -0.15) is 0 Å². The van der Waals surface area contributed by atoms with Crippen LogP contribution in [0.4, 0.5) is 5.69 Å². The lowest BCUT2D eigenvalue weighted by atomic mass is 10.1. The quantitative estimate of drug-likeness (QED) is 0.823. The van der Waals surface area contributed by atoms with E-state index in [1.54, 1.807) is 17.0 Å². The fourth-order valence-corrected chi connectivity index (χ4v) is 2.69. The first-order valence-corrected chi connectivity index (χ1v) is 6.54. The van der Waals surface area contributed by atoms with Gasteiger partial charge in [0.2, 0.25) is 5.91 Å². The molecule has 2 saturated heterocycles. The summed E-state index contributed by atoms with van der Waals surface area (Å²) in [6.07, 6.45) is 0. The van der Waals surface area contributed by atoms with Crippen LogP contribution < -0.4 is 10.2 Å². The number of hydrogen-bond acceptors (Lipinski definition) is 4. The molecule has 0 radical (unpaired) electrons. The number of carbonyl (C=O) groups is 2. The average Bonchev–Trinajstić information content (AvgIpc) is 2.77. The lowest BCUT2D eigenvalue weighted by molar-refractivity contribution is -0.120. The Morgan fingerprint density at radius 1 is 1.40 bits per heavy atom. The van der Waals surface area contributed by atoms with Gasteiger partial charge in [-0.05, 0) is 19.1 Å². The largest absolute Gasteiger partial charge is 0.313 e. The van der Waals surface area contributed by atoms with Crippen molar-refractivity contribution in [3.8, 4) is 0 Å². The fraction of sp³-hybridized carbons (Fsp3) is 0.429. The van der Waals surface area contributed by atoms with Gasteiger partial charge >= 0.3 is 0 Å². The molecule has 2 aliphatic heterocycles. The molecular formula is C14H18ClN3O2. The molecule has 1 aromatic carbocycles. The minimum absolute atomic E-state index is 0. The van der Waals surface area contributed by atoms with Crippen LogP contribution in [0.15, 0.2) is 24.3 Å². The maximum atomic E-state index is 12.4. The third kappa shape index (κ3) is 2.57. The molecule has 108 valence electrons. The molecule has 0 saturated carbocycles. The lowest BCUT2D eigenvalue weighted by Crippen LogP contribution is -2.50. The van der Waals surface area contributed by atoms with E-state index in [0.29, 0.717) is 18.8 Å². The van der Waals surface area contributed by atoms with Crippen LogP contribution in [0.2, 0.25) is 0 Å². The van der Waals surface area contributed by atoms with Crippen LogP contribution in [0.25, 0.3) is 0 Å². The zero-order valence-corrected chi connectivity index (χ0v) is 12.2. The van der Waals surface area contributed by atoms with Crippen LogP contribution >= 0.6 is 12.4 Å². The SMILES string of the molecule is CC(=O)c1cccc(N2CN3CCNCC3C2=O)c1.Cl. The van der Waals surface area contributed by atoms with Crippen molar-refractivity contribution in [1.82, 2.24) is 10.2 Å². The van der Waals surface area contributed by atoms with Gasteiger partial charge in [0, 0.05) is 30.9 Å². The fourth-order valence-electron chi connectivity index (χ4n) is 2.69. The van der Waals surface area contributed by atoms with Crippen molar-refractivity contribution in [2.75, 3.05) is 31.2 Å². The van der Waals surface area contributed by atoms with E-state index in [9.17, 15) is 9.59 Å². The van der Waals surface area contributed by atoms with E-state index in [4.69, 9.17) is 0 Å². The van der Waals surface area contributed by atoms with Crippen molar-refractivity contribution in [3.05, 3.63) is 29.8 Å². The number of amides is 1. The monoisotopic (exact) mass is 295 g/mol. The number of carbonyl (C=O) groups excluding carboxylic acids is 2. The first-order valence-electron chi connectivity index (χ1n) is 6.54. The van der Waals surface area contributed by atoms with E-state index in [1.165, 1.54) is 6.92 Å². The minimum atomic E-state index is -0.0604. The third-order valence-corrected chi connectivity index (χ3v) is 3.79. The van der Waals surface area contributed by atoms with Gasteiger partial charge in [-0.15, -0.1) is 12.4 Å². The molecule has 2 fully saturated rings. The maximum Gasteiger partial charge on any atom is 0.246 e. The number of halogens is 1. The van der Waals surface area contributed by atoms with Crippen molar-refractivity contribution in [1.29, 1.82) is 0 Å². The molecule has 1 N–H and O–H groups in total. The minimum Gasteiger partial charge on any atom is -0.313 e. The van der Waals surface area contributed by atoms with Crippen molar-refractivity contribution >= 4 is 29.8 Å². The summed E-state index contributed by atoms with van der Waals surface area (Å²) in [7, 11) is 0. The van der Waals surface area contributed by atoms with Crippen molar-refractivity contribution in [2.24, 2.45) is 0 Å². The molecule has 6 heteroatoms. The second kappa shape index (κ2) is 5.91. The molecular weight excluding hydrogens is 278 g/mol. The second-order valence-corrected chi connectivity index (χ2v) is 5.05. The van der Waals surface area contributed by atoms with Crippen LogP contribution in [0.5, 0.6) is 0 Å². The number of nitrogens with zero attached hydrogens (tertiary/aromatic N) is 2. The summed E-state index contributed by atoms with van der Waals surface area (Å²) in [6, 6.07) is 7.23. The van der Waals surface area contributed by atoms with Crippen molar-refractivity contribution < 1.29 is 9.59 Å². The molecule has 20 heavy (non-hydrogen) atoms. The molecule has 0 aromatic heterocycles. The van der Waals surface area contributed by atoms with Gasteiger partial charge in [0.15, 0.2) is 5.78 Å². The summed E-state index contributed by atoms with van der Waals surface area (Å²) in [5, 5.41) is 3.24. The van der Waals surface area contributed by atoms with Gasteiger partial charge in [-0.25, -0.2) is 0 Å². The van der Waals surface area contributed by atoms with Crippen LogP contribution in [-0.2, 0) is 4.79 Å². The molecule has 0 spiro atoms. The van der Waals surface area contributed by atoms with Crippen LogP contribution in [0, 0.1) is 0 Å². The van der Waals surface area contributed by atoms with E-state index in [1.807, 2.05) is 12.1 Å². The summed E-state index contributed by atoms with van der Waals surface area (Å²) in [6.45, 7) is 4.68. The van der Waals surface area contributed by atoms with Crippen molar-refractivity contribution in [3.63, 3.8) is 0 Å². The summed E-state index contributed by atoms with van der Waals surface area (Å²) in [4.78, 5) is 27.7. The van der Waals surface area contributed by atoms with Gasteiger partial charge in [0.05, 0.1) is 6.67 Å². The van der Waals surface area contributed by atoms with E-state index in [0.717, 1.165) is 18.8 Å². The summed E-state index contributed by atoms with van der Waals surface area (Å²) >= 11 is 0. The van der Waals surface area contributed by atoms with E-state index >= 15 is 0 Å². The van der Waals surface area contributed by atoms with Gasteiger partial charge in [-0.3, -0.25) is 19.4 Å². The topological polar surface area (TPSA) is 52.7 Å². The standard InChI is InChI=1S/C14H17N3O2.ClH/c1-10(18)11-3-2-4-12(7-11)17-9-16-6-5-15-8-13(16)14(17)19;/h2-4,7,13,15H,5-6,8-9H2,1H3;1H. The average molecular weight is 296 g/mol. The molecule has 2 aliphatic rings. The van der Waals surface area contributed by atoms with Gasteiger partial charge in [0.25, 0.3) is 0 Å². The number of Topliss-reactive ketones (excluding diaryl/α,β-unsaturated/α-hetero) is 1. The Morgan fingerprint density at radius 3 is 2.90 bits per heavy atom. The highest BCUT2D eigenvalue weighted by Crippen LogP contribution is 2.24. The Balaban J connectivity index is 0.00000147. The van der Waals surface area contributed by atoms with E-state index in [2.05, 4.69) is 10.2 Å². The number of anilines is 1. The highest BCUT2D eigenvalue weighted by molar-refractivity contribution is 6.01. The highest BCUT2D eigenvalue weighted by atomic mass is 35.5. The molecule has 0 bridgehead atoms. The first-order chi connectivity index (χ1) is 9.16. The normalized spacial score (nSPS) is 22.4. The molecule has 1 atom stereocenters. The number of hydrogen-bond donors (Lipinski definition) is 1. The van der Waals surface area contributed by atoms with Gasteiger partial charge < -0.3 is 5.32 Å². The molecule has 3 rings (SSSR count). The number of rotatable bonds is 2. The number of piperazine rings is 1. The number of ketones is 1. The zero-order valence-electron chi connectivity index (χ0n) is 11.3.